The van der Waals surface area contributed by atoms with Crippen LogP contribution in [0.1, 0.15) is 6.92 Å². The number of hydrogen-bond acceptors (Lipinski definition) is 3. The Balaban J connectivity index is 2.28. The van der Waals surface area contributed by atoms with E-state index in [4.69, 9.17) is 11.6 Å². The van der Waals surface area contributed by atoms with Gasteiger partial charge in [-0.2, -0.15) is 0 Å². The normalized spacial score (nSPS) is 21.7. The predicted molar refractivity (Wildman–Crippen MR) is 60.1 cm³/mol. The van der Waals surface area contributed by atoms with Crippen LogP contribution >= 0.6 is 11.6 Å². The summed E-state index contributed by atoms with van der Waals surface area (Å²) in [6.45, 7) is 4.60. The molecule has 1 fully saturated rings. The first-order chi connectivity index (χ1) is 7.18. The molecule has 1 aromatic rings. The van der Waals surface area contributed by atoms with Gasteiger partial charge in [0.05, 0.1) is 12.7 Å². The van der Waals surface area contributed by atoms with E-state index in [1.807, 2.05) is 4.90 Å². The minimum absolute atomic E-state index is 0.384. The van der Waals surface area contributed by atoms with Gasteiger partial charge in [0.25, 0.3) is 5.82 Å². The Morgan fingerprint density at radius 1 is 1.67 bits per heavy atom. The molecular weight excluding hydrogens is 214 g/mol. The largest absolute Gasteiger partial charge is 0.711 e. The number of pyridine rings is 1. The van der Waals surface area contributed by atoms with E-state index in [-0.39, 0.29) is 0 Å². The standard InChI is InChI=1S/C10H14ClN3O/c1-8-7-13(6-4-12-8)10-9(11)3-2-5-14(10)15/h2-3,5,8,12H,4,6-7H2,1H3/t8-/m1/s1. The third-order valence-electron chi connectivity index (χ3n) is 2.55. The zero-order valence-electron chi connectivity index (χ0n) is 8.61. The van der Waals surface area contributed by atoms with Crippen LogP contribution in [-0.2, 0) is 0 Å². The molecule has 15 heavy (non-hydrogen) atoms. The first kappa shape index (κ1) is 10.5. The smallest absolute Gasteiger partial charge is 0.298 e. The maximum absolute atomic E-state index is 11.6. The average molecular weight is 228 g/mol. The lowest BCUT2D eigenvalue weighted by molar-refractivity contribution is -0.592. The summed E-state index contributed by atoms with van der Waals surface area (Å²) < 4.78 is 0.834. The van der Waals surface area contributed by atoms with Gasteiger partial charge in [-0.1, -0.05) is 11.6 Å². The van der Waals surface area contributed by atoms with Crippen LogP contribution in [0.2, 0.25) is 5.02 Å². The van der Waals surface area contributed by atoms with Gasteiger partial charge in [-0.3, -0.25) is 4.90 Å². The molecule has 4 nitrogen and oxygen atoms in total. The van der Waals surface area contributed by atoms with Crippen molar-refractivity contribution in [2.24, 2.45) is 0 Å². The molecule has 2 rings (SSSR count). The average Bonchev–Trinajstić information content (AvgIpc) is 2.17. The molecule has 1 saturated heterocycles. The summed E-state index contributed by atoms with van der Waals surface area (Å²) in [5, 5.41) is 15.5. The molecule has 0 amide bonds. The van der Waals surface area contributed by atoms with E-state index in [0.29, 0.717) is 16.9 Å². The first-order valence-electron chi connectivity index (χ1n) is 5.04. The second-order valence-corrected chi connectivity index (χ2v) is 4.21. The number of anilines is 1. The van der Waals surface area contributed by atoms with Gasteiger partial charge in [-0.05, 0) is 19.1 Å². The van der Waals surface area contributed by atoms with E-state index in [0.717, 1.165) is 24.4 Å². The second-order valence-electron chi connectivity index (χ2n) is 3.81. The van der Waals surface area contributed by atoms with E-state index >= 15 is 0 Å². The molecule has 0 saturated carbocycles. The molecule has 5 heteroatoms. The molecule has 0 spiro atoms. The number of piperazine rings is 1. The van der Waals surface area contributed by atoms with Gasteiger partial charge in [0, 0.05) is 12.6 Å². The SMILES string of the molecule is C[C@@H]1CN(c2c(Cl)ccc[n+]2[O-])CCN1. The van der Waals surface area contributed by atoms with Crippen molar-refractivity contribution in [2.45, 2.75) is 13.0 Å². The quantitative estimate of drug-likeness (QED) is 0.569. The van der Waals surface area contributed by atoms with Crippen LogP contribution < -0.4 is 14.9 Å². The van der Waals surface area contributed by atoms with Gasteiger partial charge in [0.1, 0.15) is 11.6 Å². The van der Waals surface area contributed by atoms with Gasteiger partial charge in [-0.15, -0.1) is 0 Å². The van der Waals surface area contributed by atoms with Gasteiger partial charge in [0.15, 0.2) is 0 Å². The van der Waals surface area contributed by atoms with Crippen molar-refractivity contribution in [3.8, 4) is 0 Å². The number of aromatic nitrogens is 1. The highest BCUT2D eigenvalue weighted by atomic mass is 35.5. The lowest BCUT2D eigenvalue weighted by Gasteiger charge is -2.29. The van der Waals surface area contributed by atoms with Crippen molar-refractivity contribution in [2.75, 3.05) is 24.5 Å². The first-order valence-corrected chi connectivity index (χ1v) is 5.42. The Morgan fingerprint density at radius 2 is 2.47 bits per heavy atom. The van der Waals surface area contributed by atoms with Gasteiger partial charge < -0.3 is 10.5 Å². The minimum atomic E-state index is 0.384. The molecule has 1 N–H and O–H groups in total. The topological polar surface area (TPSA) is 42.2 Å². The Labute approximate surface area is 94.0 Å². The van der Waals surface area contributed by atoms with Crippen LogP contribution in [0.4, 0.5) is 5.82 Å². The molecule has 1 aromatic heterocycles. The number of rotatable bonds is 1. The molecular formula is C10H14ClN3O. The molecule has 1 aliphatic rings. The number of hydrogen-bond donors (Lipinski definition) is 1. The fraction of sp³-hybridized carbons (Fsp3) is 0.500. The number of nitrogens with zero attached hydrogens (tertiary/aromatic N) is 2. The van der Waals surface area contributed by atoms with Crippen LogP contribution in [0.5, 0.6) is 0 Å². The van der Waals surface area contributed by atoms with Crippen molar-refractivity contribution < 1.29 is 4.73 Å². The van der Waals surface area contributed by atoms with Crippen molar-refractivity contribution in [1.29, 1.82) is 0 Å². The van der Waals surface area contributed by atoms with Crippen molar-refractivity contribution in [1.82, 2.24) is 5.32 Å². The van der Waals surface area contributed by atoms with Crippen LogP contribution in [-0.4, -0.2) is 25.7 Å². The van der Waals surface area contributed by atoms with Crippen LogP contribution in [0.3, 0.4) is 0 Å². The van der Waals surface area contributed by atoms with E-state index in [2.05, 4.69) is 12.2 Å². The molecule has 82 valence electrons. The number of nitrogens with one attached hydrogen (secondary N) is 1. The molecule has 0 radical (unpaired) electrons. The van der Waals surface area contributed by atoms with Crippen LogP contribution in [0, 0.1) is 5.21 Å². The maximum atomic E-state index is 11.6. The molecule has 2 heterocycles. The van der Waals surface area contributed by atoms with Gasteiger partial charge in [-0.25, -0.2) is 4.73 Å². The summed E-state index contributed by atoms with van der Waals surface area (Å²) in [7, 11) is 0. The van der Waals surface area contributed by atoms with Gasteiger partial charge in [0.2, 0.25) is 0 Å². The highest BCUT2D eigenvalue weighted by Crippen LogP contribution is 2.21. The summed E-state index contributed by atoms with van der Waals surface area (Å²) in [6, 6.07) is 3.79. The van der Waals surface area contributed by atoms with Crippen molar-refractivity contribution >= 4 is 17.4 Å². The summed E-state index contributed by atoms with van der Waals surface area (Å²) in [5.74, 6) is 0.563. The zero-order chi connectivity index (χ0) is 10.8. The van der Waals surface area contributed by atoms with E-state index in [1.165, 1.54) is 6.20 Å². The molecule has 0 bridgehead atoms. The third kappa shape index (κ3) is 2.16. The van der Waals surface area contributed by atoms with Crippen molar-refractivity contribution in [3.63, 3.8) is 0 Å². The molecule has 0 aliphatic carbocycles. The summed E-state index contributed by atoms with van der Waals surface area (Å²) in [5.41, 5.74) is 0. The zero-order valence-corrected chi connectivity index (χ0v) is 9.37. The molecule has 1 atom stereocenters. The second kappa shape index (κ2) is 4.24. The fourth-order valence-corrected chi connectivity index (χ4v) is 2.15. The van der Waals surface area contributed by atoms with Crippen LogP contribution in [0.15, 0.2) is 18.3 Å². The highest BCUT2D eigenvalue weighted by Gasteiger charge is 2.25. The molecule has 1 aliphatic heterocycles. The maximum Gasteiger partial charge on any atom is 0.298 e. The summed E-state index contributed by atoms with van der Waals surface area (Å²) >= 11 is 6.03. The monoisotopic (exact) mass is 227 g/mol. The highest BCUT2D eigenvalue weighted by molar-refractivity contribution is 6.32. The van der Waals surface area contributed by atoms with E-state index in [9.17, 15) is 5.21 Å². The minimum Gasteiger partial charge on any atom is -0.711 e. The molecule has 0 unspecified atom stereocenters. The lowest BCUT2D eigenvalue weighted by atomic mass is 10.2. The molecule has 0 aromatic carbocycles. The lowest BCUT2D eigenvalue weighted by Crippen LogP contribution is -2.52. The predicted octanol–water partition coefficient (Wildman–Crippen LogP) is 0.771. The van der Waals surface area contributed by atoms with E-state index in [1.54, 1.807) is 12.1 Å². The third-order valence-corrected chi connectivity index (χ3v) is 2.85. The van der Waals surface area contributed by atoms with Crippen LogP contribution in [0.25, 0.3) is 0 Å². The summed E-state index contributed by atoms with van der Waals surface area (Å²) in [4.78, 5) is 2.02. The Kier molecular flexibility index (Phi) is 2.98. The Morgan fingerprint density at radius 3 is 3.13 bits per heavy atom. The van der Waals surface area contributed by atoms with Gasteiger partial charge >= 0.3 is 0 Å². The van der Waals surface area contributed by atoms with Crippen molar-refractivity contribution in [3.05, 3.63) is 28.6 Å². The Bertz CT molecular complexity index is 338. The fourth-order valence-electron chi connectivity index (χ4n) is 1.87. The van der Waals surface area contributed by atoms with E-state index < -0.39 is 0 Å². The summed E-state index contributed by atoms with van der Waals surface area (Å²) in [6.07, 6.45) is 1.48. The Hall–Kier alpha value is -1.00. The number of halogens is 1.